The van der Waals surface area contributed by atoms with E-state index in [1.54, 1.807) is 24.9 Å². The second-order valence-electron chi connectivity index (χ2n) is 5.18. The molecule has 1 amide bonds. The Morgan fingerprint density at radius 2 is 1.92 bits per heavy atom. The predicted octanol–water partition coefficient (Wildman–Crippen LogP) is 4.44. The summed E-state index contributed by atoms with van der Waals surface area (Å²) in [4.78, 5) is 20.9. The number of anilines is 1. The second-order valence-corrected chi connectivity index (χ2v) is 7.76. The maximum absolute atomic E-state index is 12.5. The van der Waals surface area contributed by atoms with Crippen LogP contribution in [0.3, 0.4) is 0 Å². The quantitative estimate of drug-likeness (QED) is 0.503. The number of carbonyl (C=O) groups excluding carboxylic acids is 1. The highest BCUT2D eigenvalue weighted by Crippen LogP contribution is 2.35. The number of carbonyl (C=O) groups is 1. The molecule has 2 heterocycles. The Morgan fingerprint density at radius 3 is 2.60 bits per heavy atom. The van der Waals surface area contributed by atoms with Crippen LogP contribution >= 0.6 is 46.6 Å². The summed E-state index contributed by atoms with van der Waals surface area (Å²) in [6.07, 6.45) is 3.12. The van der Waals surface area contributed by atoms with Crippen LogP contribution < -0.4 is 5.32 Å². The molecule has 10 heteroatoms. The van der Waals surface area contributed by atoms with E-state index in [-0.39, 0.29) is 16.0 Å². The second kappa shape index (κ2) is 7.37. The zero-order valence-corrected chi connectivity index (χ0v) is 16.2. The Balaban J connectivity index is 1.79. The highest BCUT2D eigenvalue weighted by atomic mass is 35.5. The first kappa shape index (κ1) is 18.3. The van der Waals surface area contributed by atoms with Crippen LogP contribution in [0.2, 0.25) is 15.1 Å². The van der Waals surface area contributed by atoms with E-state index in [9.17, 15) is 4.79 Å². The number of nitrogens with one attached hydrogen (secondary N) is 1. The minimum Gasteiger partial charge on any atom is -0.323 e. The number of halogens is 3. The van der Waals surface area contributed by atoms with Crippen molar-refractivity contribution in [3.63, 3.8) is 0 Å². The molecule has 0 fully saturated rings. The summed E-state index contributed by atoms with van der Waals surface area (Å²) in [6, 6.07) is 3.04. The highest BCUT2D eigenvalue weighted by Gasteiger charge is 2.20. The fraction of sp³-hybridized carbons (Fsp3) is 0.200. The first-order chi connectivity index (χ1) is 11.9. The molecule has 1 N–H and O–H groups in total. The minimum atomic E-state index is -0.443. The van der Waals surface area contributed by atoms with Crippen LogP contribution in [0.4, 0.5) is 5.69 Å². The van der Waals surface area contributed by atoms with Crippen molar-refractivity contribution < 1.29 is 4.79 Å². The molecule has 6 nitrogen and oxygen atoms in total. The molecule has 1 aromatic carbocycles. The predicted molar refractivity (Wildman–Crippen MR) is 102 cm³/mol. The molecular formula is C15H12Cl3N5OS. The molecule has 0 radical (unpaired) electrons. The van der Waals surface area contributed by atoms with Crippen molar-refractivity contribution in [1.82, 2.24) is 19.7 Å². The standard InChI is InChI=1S/C15H12Cl3N5OS/c1-7(14(24)22-12-10(17)3-8(16)4-11(12)18)25-15-9-5-21-23(2)13(9)19-6-20-15/h3-7H,1-2H3,(H,22,24). The van der Waals surface area contributed by atoms with E-state index in [1.165, 1.54) is 30.2 Å². The Bertz CT molecular complexity index is 938. The molecule has 0 aliphatic heterocycles. The fourth-order valence-electron chi connectivity index (χ4n) is 2.14. The Hall–Kier alpha value is -1.54. The van der Waals surface area contributed by atoms with Gasteiger partial charge in [-0.3, -0.25) is 9.48 Å². The minimum absolute atomic E-state index is 0.258. The molecular weight excluding hydrogens is 405 g/mol. The summed E-state index contributed by atoms with van der Waals surface area (Å²) in [7, 11) is 1.80. The lowest BCUT2D eigenvalue weighted by Crippen LogP contribution is -2.23. The van der Waals surface area contributed by atoms with E-state index in [2.05, 4.69) is 20.4 Å². The van der Waals surface area contributed by atoms with Gasteiger partial charge < -0.3 is 5.32 Å². The number of thioether (sulfide) groups is 1. The third-order valence-corrected chi connectivity index (χ3v) is 5.34. The summed E-state index contributed by atoms with van der Waals surface area (Å²) in [5.41, 5.74) is 1.04. The summed E-state index contributed by atoms with van der Waals surface area (Å²) in [5.74, 6) is -0.258. The number of aromatic nitrogens is 4. The monoisotopic (exact) mass is 415 g/mol. The SMILES string of the molecule is CC(Sc1ncnc2c1cnn2C)C(=O)Nc1c(Cl)cc(Cl)cc1Cl. The topological polar surface area (TPSA) is 72.7 Å². The van der Waals surface area contributed by atoms with E-state index in [4.69, 9.17) is 34.8 Å². The van der Waals surface area contributed by atoms with E-state index in [0.29, 0.717) is 21.4 Å². The van der Waals surface area contributed by atoms with Gasteiger partial charge in [0.25, 0.3) is 0 Å². The normalized spacial score (nSPS) is 12.4. The van der Waals surface area contributed by atoms with Gasteiger partial charge in [-0.25, -0.2) is 9.97 Å². The third kappa shape index (κ3) is 3.84. The van der Waals surface area contributed by atoms with Crippen LogP contribution in [-0.4, -0.2) is 30.9 Å². The first-order valence-corrected chi connectivity index (χ1v) is 9.13. The van der Waals surface area contributed by atoms with Crippen molar-refractivity contribution in [2.75, 3.05) is 5.32 Å². The molecule has 130 valence electrons. The van der Waals surface area contributed by atoms with E-state index < -0.39 is 5.25 Å². The number of benzene rings is 1. The van der Waals surface area contributed by atoms with Gasteiger partial charge in [0.1, 0.15) is 11.4 Å². The van der Waals surface area contributed by atoms with Gasteiger partial charge in [-0.05, 0) is 19.1 Å². The Labute approximate surface area is 162 Å². The third-order valence-electron chi connectivity index (χ3n) is 3.41. The van der Waals surface area contributed by atoms with Crippen molar-refractivity contribution in [1.29, 1.82) is 0 Å². The fourth-order valence-corrected chi connectivity index (χ4v) is 3.93. The van der Waals surface area contributed by atoms with Crippen molar-refractivity contribution in [3.05, 3.63) is 39.7 Å². The van der Waals surface area contributed by atoms with Gasteiger partial charge in [0.15, 0.2) is 5.65 Å². The van der Waals surface area contributed by atoms with Crippen LogP contribution in [0, 0.1) is 0 Å². The van der Waals surface area contributed by atoms with E-state index in [1.807, 2.05) is 0 Å². The molecule has 0 spiro atoms. The van der Waals surface area contributed by atoms with Crippen LogP contribution in [0.1, 0.15) is 6.92 Å². The lowest BCUT2D eigenvalue weighted by Gasteiger charge is -2.14. The zero-order chi connectivity index (χ0) is 18.1. The maximum atomic E-state index is 12.5. The molecule has 1 unspecified atom stereocenters. The molecule has 0 aliphatic carbocycles. The zero-order valence-electron chi connectivity index (χ0n) is 13.1. The number of nitrogens with zero attached hydrogens (tertiary/aromatic N) is 4. The molecule has 0 saturated heterocycles. The molecule has 0 saturated carbocycles. The number of hydrogen-bond donors (Lipinski definition) is 1. The van der Waals surface area contributed by atoms with Gasteiger partial charge in [0.2, 0.25) is 5.91 Å². The largest absolute Gasteiger partial charge is 0.323 e. The van der Waals surface area contributed by atoms with E-state index >= 15 is 0 Å². The number of amides is 1. The van der Waals surface area contributed by atoms with Crippen molar-refractivity contribution in [2.45, 2.75) is 17.2 Å². The van der Waals surface area contributed by atoms with Crippen LogP contribution in [0.5, 0.6) is 0 Å². The van der Waals surface area contributed by atoms with Gasteiger partial charge in [-0.2, -0.15) is 5.10 Å². The first-order valence-electron chi connectivity index (χ1n) is 7.11. The molecule has 3 rings (SSSR count). The Kier molecular flexibility index (Phi) is 5.38. The number of aryl methyl sites for hydroxylation is 1. The van der Waals surface area contributed by atoms with Crippen LogP contribution in [0.25, 0.3) is 11.0 Å². The molecule has 0 bridgehead atoms. The molecule has 25 heavy (non-hydrogen) atoms. The molecule has 3 aromatic rings. The highest BCUT2D eigenvalue weighted by molar-refractivity contribution is 8.00. The average molecular weight is 417 g/mol. The lowest BCUT2D eigenvalue weighted by molar-refractivity contribution is -0.115. The summed E-state index contributed by atoms with van der Waals surface area (Å²) >= 11 is 19.4. The maximum Gasteiger partial charge on any atom is 0.237 e. The summed E-state index contributed by atoms with van der Waals surface area (Å²) < 4.78 is 1.65. The van der Waals surface area contributed by atoms with Crippen LogP contribution in [0.15, 0.2) is 29.7 Å². The van der Waals surface area contributed by atoms with Crippen LogP contribution in [-0.2, 0) is 11.8 Å². The lowest BCUT2D eigenvalue weighted by atomic mass is 10.3. The van der Waals surface area contributed by atoms with Crippen molar-refractivity contribution >= 4 is 69.2 Å². The van der Waals surface area contributed by atoms with Gasteiger partial charge in [-0.15, -0.1) is 0 Å². The summed E-state index contributed by atoms with van der Waals surface area (Å²) in [6.45, 7) is 1.77. The van der Waals surface area contributed by atoms with E-state index in [0.717, 1.165) is 5.39 Å². The number of hydrogen-bond acceptors (Lipinski definition) is 5. The molecule has 0 aliphatic rings. The summed E-state index contributed by atoms with van der Waals surface area (Å²) in [5, 5.41) is 8.87. The average Bonchev–Trinajstić information content (AvgIpc) is 2.93. The number of rotatable bonds is 4. The van der Waals surface area contributed by atoms with Gasteiger partial charge >= 0.3 is 0 Å². The van der Waals surface area contributed by atoms with Gasteiger partial charge in [0.05, 0.1) is 32.6 Å². The molecule has 2 aromatic heterocycles. The van der Waals surface area contributed by atoms with Gasteiger partial charge in [-0.1, -0.05) is 46.6 Å². The van der Waals surface area contributed by atoms with Crippen molar-refractivity contribution in [2.24, 2.45) is 7.05 Å². The van der Waals surface area contributed by atoms with Crippen molar-refractivity contribution in [3.8, 4) is 0 Å². The Morgan fingerprint density at radius 1 is 1.24 bits per heavy atom. The molecule has 1 atom stereocenters. The van der Waals surface area contributed by atoms with Gasteiger partial charge in [0, 0.05) is 12.1 Å². The smallest absolute Gasteiger partial charge is 0.237 e. The number of fused-ring (bicyclic) bond motifs is 1.